The molecule has 1 aromatic rings. The molecule has 9 heteroatoms. The summed E-state index contributed by atoms with van der Waals surface area (Å²) >= 11 is 0. The van der Waals surface area contributed by atoms with Gasteiger partial charge in [-0.25, -0.2) is 9.97 Å². The molecule has 0 saturated carbocycles. The van der Waals surface area contributed by atoms with E-state index in [0.29, 0.717) is 26.2 Å². The lowest BCUT2D eigenvalue weighted by atomic mass is 9.92. The van der Waals surface area contributed by atoms with Gasteiger partial charge in [-0.15, -0.1) is 0 Å². The van der Waals surface area contributed by atoms with Crippen molar-refractivity contribution in [2.45, 2.75) is 18.5 Å². The van der Waals surface area contributed by atoms with E-state index in [1.807, 2.05) is 0 Å². The molecule has 2 N–H and O–H groups in total. The maximum absolute atomic E-state index is 13.3. The van der Waals surface area contributed by atoms with Crippen LogP contribution in [0.1, 0.15) is 17.9 Å². The predicted molar refractivity (Wildman–Crippen MR) is 69.2 cm³/mol. The number of nitrogens with zero attached hydrogens (tertiary/aromatic N) is 3. The van der Waals surface area contributed by atoms with Crippen molar-refractivity contribution in [2.24, 2.45) is 0 Å². The summed E-state index contributed by atoms with van der Waals surface area (Å²) in [5.74, 6) is -2.29. The summed E-state index contributed by atoms with van der Waals surface area (Å²) in [4.78, 5) is 21.1. The van der Waals surface area contributed by atoms with E-state index >= 15 is 0 Å². The number of halogens is 3. The summed E-state index contributed by atoms with van der Waals surface area (Å²) in [7, 11) is 0. The Kier molecular flexibility index (Phi) is 3.44. The van der Waals surface area contributed by atoms with Gasteiger partial charge in [0, 0.05) is 32.6 Å². The van der Waals surface area contributed by atoms with Gasteiger partial charge in [0.25, 0.3) is 0 Å². The molecule has 21 heavy (non-hydrogen) atoms. The van der Waals surface area contributed by atoms with Crippen LogP contribution < -0.4 is 15.5 Å². The third-order valence-corrected chi connectivity index (χ3v) is 3.67. The van der Waals surface area contributed by atoms with Crippen molar-refractivity contribution in [1.82, 2.24) is 15.3 Å². The first-order valence-electron chi connectivity index (χ1n) is 6.64. The SMILES string of the molecule is O=C1CC(C(F)(F)F)c2c(ncnc2N2CCNCC2)N1. The maximum Gasteiger partial charge on any atom is 0.396 e. The summed E-state index contributed by atoms with van der Waals surface area (Å²) in [6, 6.07) is 0. The monoisotopic (exact) mass is 301 g/mol. The number of amides is 1. The van der Waals surface area contributed by atoms with Gasteiger partial charge in [-0.1, -0.05) is 0 Å². The third-order valence-electron chi connectivity index (χ3n) is 3.67. The molecule has 6 nitrogen and oxygen atoms in total. The highest BCUT2D eigenvalue weighted by atomic mass is 19.4. The highest BCUT2D eigenvalue weighted by Crippen LogP contribution is 2.45. The van der Waals surface area contributed by atoms with E-state index < -0.39 is 24.4 Å². The number of anilines is 2. The number of hydrogen-bond donors (Lipinski definition) is 2. The standard InChI is InChI=1S/C12H14F3N5O/c13-12(14,15)7-5-8(21)19-10-9(7)11(18-6-17-10)20-3-1-16-2-4-20/h6-7,16H,1-5H2,(H,17,18,19,21). The van der Waals surface area contributed by atoms with Gasteiger partial charge in [-0.2, -0.15) is 13.2 Å². The predicted octanol–water partition coefficient (Wildman–Crippen LogP) is 0.874. The number of piperazine rings is 1. The molecule has 0 radical (unpaired) electrons. The van der Waals surface area contributed by atoms with E-state index in [4.69, 9.17) is 0 Å². The van der Waals surface area contributed by atoms with Crippen LogP contribution in [0.25, 0.3) is 0 Å². The fourth-order valence-corrected chi connectivity index (χ4v) is 2.69. The molecule has 0 aromatic carbocycles. The van der Waals surface area contributed by atoms with Gasteiger partial charge >= 0.3 is 6.18 Å². The fourth-order valence-electron chi connectivity index (χ4n) is 2.69. The van der Waals surface area contributed by atoms with Crippen LogP contribution in [0.15, 0.2) is 6.33 Å². The summed E-state index contributed by atoms with van der Waals surface area (Å²) < 4.78 is 39.8. The minimum atomic E-state index is -4.50. The molecular weight excluding hydrogens is 287 g/mol. The average molecular weight is 301 g/mol. The van der Waals surface area contributed by atoms with Crippen LogP contribution in [0.4, 0.5) is 24.8 Å². The molecule has 1 atom stereocenters. The minimum Gasteiger partial charge on any atom is -0.354 e. The Bertz CT molecular complexity index is 556. The molecule has 3 heterocycles. The number of carbonyl (C=O) groups is 1. The van der Waals surface area contributed by atoms with E-state index in [-0.39, 0.29) is 17.2 Å². The molecule has 114 valence electrons. The number of fused-ring (bicyclic) bond motifs is 1. The molecule has 1 aromatic heterocycles. The zero-order valence-electron chi connectivity index (χ0n) is 11.1. The second-order valence-corrected chi connectivity index (χ2v) is 5.04. The summed E-state index contributed by atoms with van der Waals surface area (Å²) in [5.41, 5.74) is -0.0218. The number of alkyl halides is 3. The number of hydrogen-bond acceptors (Lipinski definition) is 5. The first-order chi connectivity index (χ1) is 9.97. The van der Waals surface area contributed by atoms with Crippen molar-refractivity contribution in [3.8, 4) is 0 Å². The summed E-state index contributed by atoms with van der Waals surface area (Å²) in [6.45, 7) is 2.51. The second-order valence-electron chi connectivity index (χ2n) is 5.04. The summed E-state index contributed by atoms with van der Waals surface area (Å²) in [5, 5.41) is 5.55. The number of carbonyl (C=O) groups excluding carboxylic acids is 1. The molecule has 3 rings (SSSR count). The molecular formula is C12H14F3N5O. The van der Waals surface area contributed by atoms with Crippen LogP contribution in [0, 0.1) is 0 Å². The van der Waals surface area contributed by atoms with Gasteiger partial charge in [0.15, 0.2) is 0 Å². The topological polar surface area (TPSA) is 70.2 Å². The van der Waals surface area contributed by atoms with Crippen LogP contribution in [0.2, 0.25) is 0 Å². The Labute approximate surface area is 118 Å². The van der Waals surface area contributed by atoms with E-state index in [1.54, 1.807) is 4.90 Å². The molecule has 0 aliphatic carbocycles. The van der Waals surface area contributed by atoms with Crippen LogP contribution in [0.3, 0.4) is 0 Å². The Balaban J connectivity index is 2.07. The average Bonchev–Trinajstić information content (AvgIpc) is 2.45. The van der Waals surface area contributed by atoms with Crippen molar-refractivity contribution < 1.29 is 18.0 Å². The lowest BCUT2D eigenvalue weighted by Crippen LogP contribution is -2.45. The largest absolute Gasteiger partial charge is 0.396 e. The number of aromatic nitrogens is 2. The Morgan fingerprint density at radius 3 is 2.62 bits per heavy atom. The zero-order chi connectivity index (χ0) is 15.0. The highest BCUT2D eigenvalue weighted by molar-refractivity contribution is 5.94. The van der Waals surface area contributed by atoms with Crippen molar-refractivity contribution in [2.75, 3.05) is 36.4 Å². The van der Waals surface area contributed by atoms with E-state index in [0.717, 1.165) is 0 Å². The van der Waals surface area contributed by atoms with Crippen LogP contribution in [0.5, 0.6) is 0 Å². The van der Waals surface area contributed by atoms with Crippen LogP contribution in [-0.2, 0) is 4.79 Å². The first kappa shape index (κ1) is 14.1. The van der Waals surface area contributed by atoms with E-state index in [9.17, 15) is 18.0 Å². The molecule has 1 fully saturated rings. The molecule has 1 amide bonds. The van der Waals surface area contributed by atoms with Gasteiger partial charge in [0.1, 0.15) is 18.0 Å². The molecule has 2 aliphatic heterocycles. The Morgan fingerprint density at radius 2 is 1.95 bits per heavy atom. The smallest absolute Gasteiger partial charge is 0.354 e. The molecule has 0 spiro atoms. The van der Waals surface area contributed by atoms with Gasteiger partial charge in [-0.3, -0.25) is 4.79 Å². The molecule has 0 bridgehead atoms. The lowest BCUT2D eigenvalue weighted by Gasteiger charge is -2.34. The Hall–Kier alpha value is -1.90. The van der Waals surface area contributed by atoms with E-state index in [1.165, 1.54) is 6.33 Å². The van der Waals surface area contributed by atoms with Crippen molar-refractivity contribution in [3.05, 3.63) is 11.9 Å². The normalized spacial score (nSPS) is 22.7. The first-order valence-corrected chi connectivity index (χ1v) is 6.64. The fraction of sp³-hybridized carbons (Fsp3) is 0.583. The third kappa shape index (κ3) is 2.65. The zero-order valence-corrected chi connectivity index (χ0v) is 11.1. The molecule has 1 unspecified atom stereocenters. The lowest BCUT2D eigenvalue weighted by molar-refractivity contribution is -0.156. The molecule has 2 aliphatic rings. The van der Waals surface area contributed by atoms with Crippen LogP contribution >= 0.6 is 0 Å². The van der Waals surface area contributed by atoms with E-state index in [2.05, 4.69) is 20.6 Å². The van der Waals surface area contributed by atoms with Gasteiger partial charge in [-0.05, 0) is 0 Å². The summed E-state index contributed by atoms with van der Waals surface area (Å²) in [6.07, 6.45) is -3.93. The quantitative estimate of drug-likeness (QED) is 0.805. The van der Waals surface area contributed by atoms with Crippen molar-refractivity contribution in [3.63, 3.8) is 0 Å². The maximum atomic E-state index is 13.3. The van der Waals surface area contributed by atoms with Gasteiger partial charge in [0.2, 0.25) is 5.91 Å². The highest BCUT2D eigenvalue weighted by Gasteiger charge is 2.47. The Morgan fingerprint density at radius 1 is 1.24 bits per heavy atom. The number of nitrogens with one attached hydrogen (secondary N) is 2. The van der Waals surface area contributed by atoms with Crippen molar-refractivity contribution in [1.29, 1.82) is 0 Å². The number of rotatable bonds is 1. The second kappa shape index (κ2) is 5.14. The van der Waals surface area contributed by atoms with Crippen LogP contribution in [-0.4, -0.2) is 48.2 Å². The van der Waals surface area contributed by atoms with Gasteiger partial charge < -0.3 is 15.5 Å². The minimum absolute atomic E-state index is 0.0218. The van der Waals surface area contributed by atoms with Gasteiger partial charge in [0.05, 0.1) is 11.5 Å². The van der Waals surface area contributed by atoms with Crippen molar-refractivity contribution >= 4 is 17.5 Å². The molecule has 1 saturated heterocycles.